The second-order valence-corrected chi connectivity index (χ2v) is 6.18. The number of nitrogens with zero attached hydrogens (tertiary/aromatic N) is 4. The zero-order valence-electron chi connectivity index (χ0n) is 15.3. The lowest BCUT2D eigenvalue weighted by molar-refractivity contribution is -0.135. The summed E-state index contributed by atoms with van der Waals surface area (Å²) in [5.41, 5.74) is 0.830. The monoisotopic (exact) mass is 373 g/mol. The SMILES string of the molecule is COCC(=O)N1CCCN(C(=O)NCc2nnc(-c3ccccc3)o2)CC1. The fraction of sp³-hybridized carbons (Fsp3) is 0.444. The summed E-state index contributed by atoms with van der Waals surface area (Å²) in [7, 11) is 1.50. The molecule has 9 nitrogen and oxygen atoms in total. The summed E-state index contributed by atoms with van der Waals surface area (Å²) in [4.78, 5) is 27.7. The smallest absolute Gasteiger partial charge is 0.317 e. The van der Waals surface area contributed by atoms with E-state index in [9.17, 15) is 9.59 Å². The van der Waals surface area contributed by atoms with Gasteiger partial charge in [0.25, 0.3) is 0 Å². The Morgan fingerprint density at radius 1 is 1.11 bits per heavy atom. The summed E-state index contributed by atoms with van der Waals surface area (Å²) < 4.78 is 10.5. The van der Waals surface area contributed by atoms with Crippen LogP contribution < -0.4 is 5.32 Å². The van der Waals surface area contributed by atoms with Gasteiger partial charge in [0.1, 0.15) is 6.61 Å². The Balaban J connectivity index is 1.49. The molecule has 2 aromatic rings. The Labute approximate surface area is 157 Å². The van der Waals surface area contributed by atoms with Crippen molar-refractivity contribution in [3.8, 4) is 11.5 Å². The lowest BCUT2D eigenvalue weighted by atomic mass is 10.2. The van der Waals surface area contributed by atoms with Gasteiger partial charge in [0.2, 0.25) is 17.7 Å². The highest BCUT2D eigenvalue weighted by Crippen LogP contribution is 2.16. The standard InChI is InChI=1S/C18H23N5O4/c1-26-13-16(24)22-8-5-9-23(11-10-22)18(25)19-12-15-20-21-17(27-15)14-6-3-2-4-7-14/h2-4,6-7H,5,8-13H2,1H3,(H,19,25). The van der Waals surface area contributed by atoms with Crippen molar-refractivity contribution in [3.05, 3.63) is 36.2 Å². The van der Waals surface area contributed by atoms with Crippen LogP contribution in [0.1, 0.15) is 12.3 Å². The molecule has 0 unspecified atom stereocenters. The molecule has 2 heterocycles. The van der Waals surface area contributed by atoms with Crippen molar-refractivity contribution in [2.24, 2.45) is 0 Å². The third-order valence-electron chi connectivity index (χ3n) is 4.28. The van der Waals surface area contributed by atoms with Gasteiger partial charge in [-0.25, -0.2) is 4.79 Å². The van der Waals surface area contributed by atoms with E-state index in [-0.39, 0.29) is 25.1 Å². The van der Waals surface area contributed by atoms with Crippen molar-refractivity contribution in [2.75, 3.05) is 39.9 Å². The fourth-order valence-corrected chi connectivity index (χ4v) is 2.87. The lowest BCUT2D eigenvalue weighted by Gasteiger charge is -2.22. The van der Waals surface area contributed by atoms with Crippen molar-refractivity contribution >= 4 is 11.9 Å². The average Bonchev–Trinajstić information content (AvgIpc) is 3.03. The van der Waals surface area contributed by atoms with E-state index in [2.05, 4.69) is 15.5 Å². The number of ether oxygens (including phenoxy) is 1. The van der Waals surface area contributed by atoms with Crippen LogP contribution in [0.5, 0.6) is 0 Å². The number of hydrogen-bond donors (Lipinski definition) is 1. The Kier molecular flexibility index (Phi) is 6.37. The van der Waals surface area contributed by atoms with Gasteiger partial charge in [-0.05, 0) is 18.6 Å². The van der Waals surface area contributed by atoms with Crippen molar-refractivity contribution in [1.29, 1.82) is 0 Å². The lowest BCUT2D eigenvalue weighted by Crippen LogP contribution is -2.42. The van der Waals surface area contributed by atoms with Crippen LogP contribution in [0, 0.1) is 0 Å². The first-order valence-electron chi connectivity index (χ1n) is 8.84. The van der Waals surface area contributed by atoms with E-state index in [4.69, 9.17) is 9.15 Å². The van der Waals surface area contributed by atoms with E-state index < -0.39 is 0 Å². The van der Waals surface area contributed by atoms with Crippen molar-refractivity contribution < 1.29 is 18.7 Å². The number of amides is 3. The van der Waals surface area contributed by atoms with Crippen LogP contribution in [0.15, 0.2) is 34.7 Å². The molecule has 9 heteroatoms. The highest BCUT2D eigenvalue weighted by molar-refractivity contribution is 5.78. The number of carbonyl (C=O) groups is 2. The molecule has 1 aliphatic heterocycles. The molecule has 3 amide bonds. The zero-order chi connectivity index (χ0) is 19.1. The Morgan fingerprint density at radius 3 is 2.63 bits per heavy atom. The number of hydrogen-bond acceptors (Lipinski definition) is 6. The Morgan fingerprint density at radius 2 is 1.85 bits per heavy atom. The van der Waals surface area contributed by atoms with Gasteiger partial charge in [0.05, 0.1) is 6.54 Å². The normalized spacial score (nSPS) is 14.7. The summed E-state index contributed by atoms with van der Waals surface area (Å²) in [6.45, 7) is 2.39. The van der Waals surface area contributed by atoms with Gasteiger partial charge in [-0.3, -0.25) is 4.79 Å². The first kappa shape index (κ1) is 18.8. The fourth-order valence-electron chi connectivity index (χ4n) is 2.87. The average molecular weight is 373 g/mol. The van der Waals surface area contributed by atoms with E-state index >= 15 is 0 Å². The summed E-state index contributed by atoms with van der Waals surface area (Å²) in [5.74, 6) is 0.704. The second-order valence-electron chi connectivity index (χ2n) is 6.18. The Hall–Kier alpha value is -2.94. The zero-order valence-corrected chi connectivity index (χ0v) is 15.3. The van der Waals surface area contributed by atoms with Crippen LogP contribution in [-0.4, -0.2) is 71.8 Å². The molecular weight excluding hydrogens is 350 g/mol. The number of aromatic nitrogens is 2. The molecule has 3 rings (SSSR count). The molecule has 1 aliphatic rings. The highest BCUT2D eigenvalue weighted by atomic mass is 16.5. The number of nitrogens with one attached hydrogen (secondary N) is 1. The number of rotatable bonds is 5. The van der Waals surface area contributed by atoms with Gasteiger partial charge >= 0.3 is 6.03 Å². The summed E-state index contributed by atoms with van der Waals surface area (Å²) in [6, 6.07) is 9.23. The van der Waals surface area contributed by atoms with Gasteiger partial charge in [0.15, 0.2) is 0 Å². The van der Waals surface area contributed by atoms with E-state index in [0.717, 1.165) is 12.0 Å². The molecule has 1 N–H and O–H groups in total. The molecule has 1 fully saturated rings. The van der Waals surface area contributed by atoms with Crippen LogP contribution >= 0.6 is 0 Å². The molecule has 0 atom stereocenters. The number of benzene rings is 1. The quantitative estimate of drug-likeness (QED) is 0.843. The highest BCUT2D eigenvalue weighted by Gasteiger charge is 2.22. The first-order chi connectivity index (χ1) is 13.2. The minimum Gasteiger partial charge on any atom is -0.419 e. The van der Waals surface area contributed by atoms with Crippen LogP contribution in [0.2, 0.25) is 0 Å². The number of carbonyl (C=O) groups excluding carboxylic acids is 2. The maximum absolute atomic E-state index is 12.4. The first-order valence-corrected chi connectivity index (χ1v) is 8.84. The molecule has 0 aliphatic carbocycles. The second kappa shape index (κ2) is 9.13. The van der Waals surface area contributed by atoms with E-state index in [1.165, 1.54) is 7.11 Å². The van der Waals surface area contributed by atoms with Crippen molar-refractivity contribution in [1.82, 2.24) is 25.3 Å². The van der Waals surface area contributed by atoms with E-state index in [1.807, 2.05) is 30.3 Å². The van der Waals surface area contributed by atoms with Gasteiger partial charge in [-0.1, -0.05) is 18.2 Å². The molecule has 0 bridgehead atoms. The van der Waals surface area contributed by atoms with E-state index in [1.54, 1.807) is 9.80 Å². The topological polar surface area (TPSA) is 101 Å². The minimum absolute atomic E-state index is 0.0564. The molecule has 144 valence electrons. The third kappa shape index (κ3) is 5.04. The maximum atomic E-state index is 12.4. The number of methoxy groups -OCH3 is 1. The van der Waals surface area contributed by atoms with Gasteiger partial charge in [-0.2, -0.15) is 0 Å². The van der Waals surface area contributed by atoms with Crippen molar-refractivity contribution in [3.63, 3.8) is 0 Å². The molecular formula is C18H23N5O4. The van der Waals surface area contributed by atoms with Gasteiger partial charge < -0.3 is 24.3 Å². The van der Waals surface area contributed by atoms with E-state index in [0.29, 0.717) is 38.0 Å². The largest absolute Gasteiger partial charge is 0.419 e. The molecule has 1 aromatic carbocycles. The Bertz CT molecular complexity index is 764. The molecule has 1 aromatic heterocycles. The molecule has 0 spiro atoms. The maximum Gasteiger partial charge on any atom is 0.317 e. The van der Waals surface area contributed by atoms with Crippen LogP contribution in [0.25, 0.3) is 11.5 Å². The van der Waals surface area contributed by atoms with Crippen LogP contribution in [0.4, 0.5) is 4.79 Å². The minimum atomic E-state index is -0.212. The molecule has 27 heavy (non-hydrogen) atoms. The molecule has 0 radical (unpaired) electrons. The summed E-state index contributed by atoms with van der Waals surface area (Å²) in [6.07, 6.45) is 0.724. The summed E-state index contributed by atoms with van der Waals surface area (Å²) >= 11 is 0. The van der Waals surface area contributed by atoms with Crippen LogP contribution in [-0.2, 0) is 16.1 Å². The number of urea groups is 1. The predicted molar refractivity (Wildman–Crippen MR) is 96.6 cm³/mol. The van der Waals surface area contributed by atoms with Crippen molar-refractivity contribution in [2.45, 2.75) is 13.0 Å². The molecule has 1 saturated heterocycles. The summed E-state index contributed by atoms with van der Waals surface area (Å²) in [5, 5.41) is 10.8. The predicted octanol–water partition coefficient (Wildman–Crippen LogP) is 1.13. The third-order valence-corrected chi connectivity index (χ3v) is 4.28. The molecule has 0 saturated carbocycles. The van der Waals surface area contributed by atoms with Crippen LogP contribution in [0.3, 0.4) is 0 Å². The van der Waals surface area contributed by atoms with Gasteiger partial charge in [-0.15, -0.1) is 10.2 Å². The van der Waals surface area contributed by atoms with Gasteiger partial charge in [0, 0.05) is 38.9 Å².